The van der Waals surface area contributed by atoms with Crippen LogP contribution < -0.4 is 5.32 Å². The Morgan fingerprint density at radius 3 is 2.52 bits per heavy atom. The highest BCUT2D eigenvalue weighted by Gasteiger charge is 2.42. The molecule has 0 spiro atoms. The molecule has 3 heteroatoms. The van der Waals surface area contributed by atoms with E-state index < -0.39 is 0 Å². The quantitative estimate of drug-likeness (QED) is 0.894. The number of hydrogen-bond donors (Lipinski definition) is 1. The maximum absolute atomic E-state index is 13.4. The Bertz CT molecular complexity index is 450. The number of rotatable bonds is 5. The van der Waals surface area contributed by atoms with Gasteiger partial charge in [-0.3, -0.25) is 0 Å². The van der Waals surface area contributed by atoms with E-state index in [1.807, 2.05) is 19.2 Å². The number of hydrogen-bond acceptors (Lipinski definition) is 2. The fraction of sp³-hybridized carbons (Fsp3) is 0.667. The summed E-state index contributed by atoms with van der Waals surface area (Å²) < 4.78 is 13.4. The van der Waals surface area contributed by atoms with Gasteiger partial charge in [0.25, 0.3) is 0 Å². The summed E-state index contributed by atoms with van der Waals surface area (Å²) in [5, 5.41) is 3.51. The third-order valence-corrected chi connectivity index (χ3v) is 5.36. The molecule has 0 aliphatic heterocycles. The van der Waals surface area contributed by atoms with Crippen LogP contribution in [-0.2, 0) is 6.42 Å². The van der Waals surface area contributed by atoms with E-state index in [0.29, 0.717) is 6.04 Å². The molecule has 0 radical (unpaired) electrons. The molecular formula is C18H29FN2. The van der Waals surface area contributed by atoms with E-state index in [2.05, 4.69) is 31.2 Å². The van der Waals surface area contributed by atoms with Crippen LogP contribution in [0.5, 0.6) is 0 Å². The third-order valence-electron chi connectivity index (χ3n) is 5.36. The summed E-state index contributed by atoms with van der Waals surface area (Å²) in [6.07, 6.45) is 5.85. The standard InChI is InChI=1S/C18H29FN2/c1-14-8-10-18(11-9-14,21(3)4)17(20-2)13-15-6-5-7-16(19)12-15/h5-7,12,14,17,20H,8-11,13H2,1-4H3. The topological polar surface area (TPSA) is 15.3 Å². The number of likely N-dealkylation sites (N-methyl/N-ethyl adjacent to an activating group) is 2. The molecule has 0 saturated heterocycles. The summed E-state index contributed by atoms with van der Waals surface area (Å²) in [6, 6.07) is 7.37. The van der Waals surface area contributed by atoms with E-state index in [9.17, 15) is 4.39 Å². The van der Waals surface area contributed by atoms with Gasteiger partial charge in [0.05, 0.1) is 0 Å². The maximum atomic E-state index is 13.4. The molecule has 1 aliphatic carbocycles. The second-order valence-corrected chi connectivity index (χ2v) is 6.86. The minimum absolute atomic E-state index is 0.140. The summed E-state index contributed by atoms with van der Waals surface area (Å²) in [4.78, 5) is 2.39. The van der Waals surface area contributed by atoms with Crippen molar-refractivity contribution in [3.05, 3.63) is 35.6 Å². The smallest absolute Gasteiger partial charge is 0.123 e. The van der Waals surface area contributed by atoms with Gasteiger partial charge in [0.1, 0.15) is 5.82 Å². The third kappa shape index (κ3) is 3.64. The molecule has 1 aromatic rings. The van der Waals surface area contributed by atoms with Gasteiger partial charge >= 0.3 is 0 Å². The van der Waals surface area contributed by atoms with Crippen LogP contribution >= 0.6 is 0 Å². The van der Waals surface area contributed by atoms with Crippen molar-refractivity contribution in [2.45, 2.75) is 50.6 Å². The Morgan fingerprint density at radius 2 is 2.00 bits per heavy atom. The Labute approximate surface area is 128 Å². The molecule has 118 valence electrons. The lowest BCUT2D eigenvalue weighted by atomic mass is 9.70. The Morgan fingerprint density at radius 1 is 1.33 bits per heavy atom. The van der Waals surface area contributed by atoms with Crippen LogP contribution in [0.1, 0.15) is 38.2 Å². The largest absolute Gasteiger partial charge is 0.315 e. The average molecular weight is 292 g/mol. The zero-order valence-corrected chi connectivity index (χ0v) is 13.8. The monoisotopic (exact) mass is 292 g/mol. The van der Waals surface area contributed by atoms with Gasteiger partial charge in [0, 0.05) is 11.6 Å². The molecule has 0 bridgehead atoms. The Hall–Kier alpha value is -0.930. The second-order valence-electron chi connectivity index (χ2n) is 6.86. The zero-order chi connectivity index (χ0) is 15.5. The highest BCUT2D eigenvalue weighted by molar-refractivity contribution is 5.19. The van der Waals surface area contributed by atoms with Crippen LogP contribution in [-0.4, -0.2) is 37.6 Å². The molecule has 1 saturated carbocycles. The predicted molar refractivity (Wildman–Crippen MR) is 87.0 cm³/mol. The number of halogens is 1. The summed E-state index contributed by atoms with van der Waals surface area (Å²) in [5.74, 6) is 0.684. The van der Waals surface area contributed by atoms with Crippen molar-refractivity contribution in [3.63, 3.8) is 0 Å². The molecule has 1 fully saturated rings. The van der Waals surface area contributed by atoms with Crippen molar-refractivity contribution in [1.29, 1.82) is 0 Å². The molecule has 0 heterocycles. The fourth-order valence-electron chi connectivity index (χ4n) is 3.83. The summed E-state index contributed by atoms with van der Waals surface area (Å²) in [5.41, 5.74) is 1.25. The van der Waals surface area contributed by atoms with E-state index in [1.54, 1.807) is 6.07 Å². The van der Waals surface area contributed by atoms with Crippen molar-refractivity contribution in [3.8, 4) is 0 Å². The van der Waals surface area contributed by atoms with Crippen LogP contribution in [0.15, 0.2) is 24.3 Å². The number of nitrogens with one attached hydrogen (secondary N) is 1. The van der Waals surface area contributed by atoms with Gasteiger partial charge < -0.3 is 10.2 Å². The molecule has 2 rings (SSSR count). The van der Waals surface area contributed by atoms with Crippen molar-refractivity contribution in [2.75, 3.05) is 21.1 Å². The number of benzene rings is 1. The summed E-state index contributed by atoms with van der Waals surface area (Å²) >= 11 is 0. The minimum Gasteiger partial charge on any atom is -0.315 e. The summed E-state index contributed by atoms with van der Waals surface area (Å²) in [6.45, 7) is 2.35. The SMILES string of the molecule is CNC(Cc1cccc(F)c1)C1(N(C)C)CCC(C)CC1. The molecule has 1 unspecified atom stereocenters. The van der Waals surface area contributed by atoms with Crippen LogP contribution in [0, 0.1) is 11.7 Å². The van der Waals surface area contributed by atoms with E-state index in [4.69, 9.17) is 0 Å². The summed E-state index contributed by atoms with van der Waals surface area (Å²) in [7, 11) is 6.41. The van der Waals surface area contributed by atoms with E-state index in [1.165, 1.54) is 31.7 Å². The molecule has 2 nitrogen and oxygen atoms in total. The van der Waals surface area contributed by atoms with Crippen molar-refractivity contribution < 1.29 is 4.39 Å². The first-order chi connectivity index (χ1) is 9.98. The molecule has 1 aliphatic rings. The number of nitrogens with zero attached hydrogens (tertiary/aromatic N) is 1. The van der Waals surface area contributed by atoms with E-state index in [-0.39, 0.29) is 11.4 Å². The highest BCUT2D eigenvalue weighted by Crippen LogP contribution is 2.38. The lowest BCUT2D eigenvalue weighted by Gasteiger charge is -2.50. The van der Waals surface area contributed by atoms with E-state index in [0.717, 1.165) is 17.9 Å². The van der Waals surface area contributed by atoms with Crippen LogP contribution in [0.2, 0.25) is 0 Å². The lowest BCUT2D eigenvalue weighted by molar-refractivity contribution is 0.0461. The van der Waals surface area contributed by atoms with Crippen molar-refractivity contribution in [2.24, 2.45) is 5.92 Å². The zero-order valence-electron chi connectivity index (χ0n) is 13.8. The Balaban J connectivity index is 2.20. The van der Waals surface area contributed by atoms with Gasteiger partial charge in [-0.15, -0.1) is 0 Å². The fourth-order valence-corrected chi connectivity index (χ4v) is 3.83. The van der Waals surface area contributed by atoms with Gasteiger partial charge in [-0.25, -0.2) is 4.39 Å². The van der Waals surface area contributed by atoms with Crippen molar-refractivity contribution >= 4 is 0 Å². The van der Waals surface area contributed by atoms with Gasteiger partial charge in [0.15, 0.2) is 0 Å². The first kappa shape index (κ1) is 16.4. The maximum Gasteiger partial charge on any atom is 0.123 e. The van der Waals surface area contributed by atoms with Crippen LogP contribution in [0.3, 0.4) is 0 Å². The minimum atomic E-state index is -0.140. The van der Waals surface area contributed by atoms with Crippen LogP contribution in [0.25, 0.3) is 0 Å². The van der Waals surface area contributed by atoms with Gasteiger partial charge in [-0.1, -0.05) is 19.1 Å². The van der Waals surface area contributed by atoms with Crippen molar-refractivity contribution in [1.82, 2.24) is 10.2 Å². The first-order valence-electron chi connectivity index (χ1n) is 8.07. The molecule has 1 aromatic carbocycles. The molecule has 0 aromatic heterocycles. The molecule has 0 amide bonds. The van der Waals surface area contributed by atoms with Crippen LogP contribution in [0.4, 0.5) is 4.39 Å². The van der Waals surface area contributed by atoms with Gasteiger partial charge in [0.2, 0.25) is 0 Å². The second kappa shape index (κ2) is 6.89. The van der Waals surface area contributed by atoms with Gasteiger partial charge in [-0.2, -0.15) is 0 Å². The lowest BCUT2D eigenvalue weighted by Crippen LogP contribution is -2.60. The average Bonchev–Trinajstić information content (AvgIpc) is 2.46. The van der Waals surface area contributed by atoms with Gasteiger partial charge in [-0.05, 0) is 76.9 Å². The van der Waals surface area contributed by atoms with E-state index >= 15 is 0 Å². The molecule has 1 atom stereocenters. The molecule has 21 heavy (non-hydrogen) atoms. The highest BCUT2D eigenvalue weighted by atomic mass is 19.1. The first-order valence-corrected chi connectivity index (χ1v) is 8.07. The molecule has 1 N–H and O–H groups in total. The predicted octanol–water partition coefficient (Wildman–Crippen LogP) is 3.47. The normalized spacial score (nSPS) is 27.8. The Kier molecular flexibility index (Phi) is 5.39. The molecular weight excluding hydrogens is 263 g/mol.